The average Bonchev–Trinajstić information content (AvgIpc) is 2.83. The molecule has 164 valence electrons. The minimum absolute atomic E-state index is 0.0516. The van der Waals surface area contributed by atoms with Gasteiger partial charge >= 0.3 is 0 Å². The number of nitrogens with zero attached hydrogens (tertiary/aromatic N) is 2. The van der Waals surface area contributed by atoms with Crippen molar-refractivity contribution in [2.24, 2.45) is 0 Å². The number of Topliss-reactive ketones (excluding diaryl/α,β-unsaturated/α-hetero) is 1. The number of halogens is 1. The first-order valence-electron chi connectivity index (χ1n) is 10.6. The van der Waals surface area contributed by atoms with E-state index in [9.17, 15) is 14.0 Å². The van der Waals surface area contributed by atoms with Gasteiger partial charge in [-0.05, 0) is 43.3 Å². The minimum atomic E-state index is -0.416. The van der Waals surface area contributed by atoms with Gasteiger partial charge in [0.2, 0.25) is 0 Å². The SMILES string of the molecule is CC(=O)c1ccc(N2CCN(C(=O)c3ccccc3COc3ccccc3)CC2)c(F)c1. The highest BCUT2D eigenvalue weighted by molar-refractivity contribution is 5.96. The third-order valence-corrected chi connectivity index (χ3v) is 5.65. The van der Waals surface area contributed by atoms with Gasteiger partial charge in [-0.1, -0.05) is 36.4 Å². The van der Waals surface area contributed by atoms with E-state index in [4.69, 9.17) is 4.74 Å². The highest BCUT2D eigenvalue weighted by Crippen LogP contribution is 2.23. The van der Waals surface area contributed by atoms with Crippen LogP contribution in [0.5, 0.6) is 5.75 Å². The van der Waals surface area contributed by atoms with Crippen LogP contribution in [0.2, 0.25) is 0 Å². The molecular weight excluding hydrogens is 407 g/mol. The van der Waals surface area contributed by atoms with Gasteiger partial charge in [-0.3, -0.25) is 9.59 Å². The molecule has 1 amide bonds. The van der Waals surface area contributed by atoms with Crippen molar-refractivity contribution in [2.45, 2.75) is 13.5 Å². The van der Waals surface area contributed by atoms with Gasteiger partial charge in [0.25, 0.3) is 5.91 Å². The Kier molecular flexibility index (Phi) is 6.50. The standard InChI is InChI=1S/C26H25FN2O3/c1-19(30)20-11-12-25(24(27)17-20)28-13-15-29(16-14-28)26(31)23-10-6-5-7-21(23)18-32-22-8-3-2-4-9-22/h2-12,17H,13-16,18H2,1H3. The van der Waals surface area contributed by atoms with Crippen molar-refractivity contribution in [1.82, 2.24) is 4.90 Å². The Morgan fingerprint density at radius 1 is 0.906 bits per heavy atom. The summed E-state index contributed by atoms with van der Waals surface area (Å²) >= 11 is 0. The zero-order valence-electron chi connectivity index (χ0n) is 18.0. The molecule has 5 nitrogen and oxygen atoms in total. The number of carbonyl (C=O) groups is 2. The molecule has 4 rings (SSSR count). The molecule has 0 unspecified atom stereocenters. The van der Waals surface area contributed by atoms with Crippen LogP contribution in [0.25, 0.3) is 0 Å². The normalized spacial score (nSPS) is 13.7. The van der Waals surface area contributed by atoms with Crippen LogP contribution in [0.15, 0.2) is 72.8 Å². The number of para-hydroxylation sites is 1. The van der Waals surface area contributed by atoms with Gasteiger partial charge in [0.1, 0.15) is 18.2 Å². The maximum Gasteiger partial charge on any atom is 0.254 e. The van der Waals surface area contributed by atoms with Gasteiger partial charge in [0.15, 0.2) is 5.78 Å². The first-order valence-corrected chi connectivity index (χ1v) is 10.6. The second-order valence-corrected chi connectivity index (χ2v) is 7.76. The van der Waals surface area contributed by atoms with Crippen LogP contribution in [0.4, 0.5) is 10.1 Å². The van der Waals surface area contributed by atoms with Crippen LogP contribution < -0.4 is 9.64 Å². The molecule has 0 N–H and O–H groups in total. The van der Waals surface area contributed by atoms with E-state index < -0.39 is 5.82 Å². The summed E-state index contributed by atoms with van der Waals surface area (Å²) in [6, 6.07) is 21.5. The van der Waals surface area contributed by atoms with Crippen molar-refractivity contribution in [3.05, 3.63) is 95.3 Å². The lowest BCUT2D eigenvalue weighted by Gasteiger charge is -2.36. The maximum absolute atomic E-state index is 14.5. The van der Waals surface area contributed by atoms with E-state index in [2.05, 4.69) is 0 Å². The highest BCUT2D eigenvalue weighted by atomic mass is 19.1. The molecule has 0 bridgehead atoms. The fourth-order valence-electron chi connectivity index (χ4n) is 3.84. The van der Waals surface area contributed by atoms with Crippen molar-refractivity contribution in [3.8, 4) is 5.75 Å². The number of ketones is 1. The predicted molar refractivity (Wildman–Crippen MR) is 122 cm³/mol. The number of anilines is 1. The van der Waals surface area contributed by atoms with Gasteiger partial charge < -0.3 is 14.5 Å². The molecule has 1 aliphatic rings. The van der Waals surface area contributed by atoms with E-state index in [1.54, 1.807) is 17.0 Å². The van der Waals surface area contributed by atoms with E-state index in [-0.39, 0.29) is 11.7 Å². The third-order valence-electron chi connectivity index (χ3n) is 5.65. The first-order chi connectivity index (χ1) is 15.5. The number of carbonyl (C=O) groups excluding carboxylic acids is 2. The Bertz CT molecular complexity index is 1110. The molecule has 3 aromatic carbocycles. The Hall–Kier alpha value is -3.67. The quantitative estimate of drug-likeness (QED) is 0.536. The highest BCUT2D eigenvalue weighted by Gasteiger charge is 2.25. The molecule has 6 heteroatoms. The van der Waals surface area contributed by atoms with Crippen LogP contribution in [0, 0.1) is 5.82 Å². The van der Waals surface area contributed by atoms with Gasteiger partial charge in [0, 0.05) is 42.9 Å². The van der Waals surface area contributed by atoms with Crippen molar-refractivity contribution in [2.75, 3.05) is 31.1 Å². The molecule has 1 heterocycles. The Morgan fingerprint density at radius 3 is 2.28 bits per heavy atom. The average molecular weight is 432 g/mol. The number of amides is 1. The van der Waals surface area contributed by atoms with Crippen LogP contribution >= 0.6 is 0 Å². The van der Waals surface area contributed by atoms with Crippen molar-refractivity contribution in [1.29, 1.82) is 0 Å². The molecule has 0 radical (unpaired) electrons. The number of hydrogen-bond donors (Lipinski definition) is 0. The molecular formula is C26H25FN2O3. The first kappa shape index (κ1) is 21.6. The van der Waals surface area contributed by atoms with E-state index in [0.29, 0.717) is 49.6 Å². The van der Waals surface area contributed by atoms with Gasteiger partial charge in [-0.15, -0.1) is 0 Å². The summed E-state index contributed by atoms with van der Waals surface area (Å²) in [5, 5.41) is 0. The van der Waals surface area contributed by atoms with Gasteiger partial charge in [0.05, 0.1) is 5.69 Å². The maximum atomic E-state index is 14.5. The van der Waals surface area contributed by atoms with Crippen molar-refractivity contribution in [3.63, 3.8) is 0 Å². The molecule has 0 spiro atoms. The summed E-state index contributed by atoms with van der Waals surface area (Å²) in [4.78, 5) is 28.4. The minimum Gasteiger partial charge on any atom is -0.489 e. The van der Waals surface area contributed by atoms with E-state index in [1.165, 1.54) is 13.0 Å². The van der Waals surface area contributed by atoms with Crippen molar-refractivity contribution >= 4 is 17.4 Å². The largest absolute Gasteiger partial charge is 0.489 e. The zero-order valence-corrected chi connectivity index (χ0v) is 18.0. The lowest BCUT2D eigenvalue weighted by atomic mass is 10.1. The monoisotopic (exact) mass is 432 g/mol. The summed E-state index contributed by atoms with van der Waals surface area (Å²) in [6.45, 7) is 3.73. The van der Waals surface area contributed by atoms with E-state index >= 15 is 0 Å². The number of piperazine rings is 1. The topological polar surface area (TPSA) is 49.9 Å². The van der Waals surface area contributed by atoms with Crippen molar-refractivity contribution < 1.29 is 18.7 Å². The van der Waals surface area contributed by atoms with Crippen LogP contribution in [0.3, 0.4) is 0 Å². The number of benzene rings is 3. The summed E-state index contributed by atoms with van der Waals surface area (Å²) in [5.41, 5.74) is 2.26. The number of rotatable bonds is 6. The van der Waals surface area contributed by atoms with Gasteiger partial charge in [-0.25, -0.2) is 4.39 Å². The number of hydrogen-bond acceptors (Lipinski definition) is 4. The fourth-order valence-corrected chi connectivity index (χ4v) is 3.84. The third kappa shape index (κ3) is 4.80. The van der Waals surface area contributed by atoms with Gasteiger partial charge in [-0.2, -0.15) is 0 Å². The molecule has 0 saturated carbocycles. The molecule has 0 atom stereocenters. The molecule has 32 heavy (non-hydrogen) atoms. The van der Waals surface area contributed by atoms with Crippen LogP contribution in [-0.4, -0.2) is 42.8 Å². The molecule has 0 aliphatic carbocycles. The Labute approximate surface area is 187 Å². The van der Waals surface area contributed by atoms with Crippen LogP contribution in [0.1, 0.15) is 33.2 Å². The summed E-state index contributed by atoms with van der Waals surface area (Å²) in [6.07, 6.45) is 0. The molecule has 0 aromatic heterocycles. The zero-order chi connectivity index (χ0) is 22.5. The number of ether oxygens (including phenoxy) is 1. The van der Waals surface area contributed by atoms with E-state index in [1.807, 2.05) is 59.5 Å². The lowest BCUT2D eigenvalue weighted by molar-refractivity contribution is 0.0743. The Morgan fingerprint density at radius 2 is 1.59 bits per heavy atom. The summed E-state index contributed by atoms with van der Waals surface area (Å²) in [5.74, 6) is 0.118. The van der Waals surface area contributed by atoms with Crippen LogP contribution in [-0.2, 0) is 6.61 Å². The summed E-state index contributed by atoms with van der Waals surface area (Å²) in [7, 11) is 0. The van der Waals surface area contributed by atoms with E-state index in [0.717, 1.165) is 11.3 Å². The Balaban J connectivity index is 1.41. The second-order valence-electron chi connectivity index (χ2n) is 7.76. The fraction of sp³-hybridized carbons (Fsp3) is 0.231. The smallest absolute Gasteiger partial charge is 0.254 e. The summed E-state index contributed by atoms with van der Waals surface area (Å²) < 4.78 is 20.3. The molecule has 1 saturated heterocycles. The predicted octanol–water partition coefficient (Wildman–Crippen LogP) is 4.57. The molecule has 1 fully saturated rings. The second kappa shape index (κ2) is 9.64. The lowest BCUT2D eigenvalue weighted by Crippen LogP contribution is -2.49. The molecule has 3 aromatic rings. The molecule has 1 aliphatic heterocycles.